The van der Waals surface area contributed by atoms with Gasteiger partial charge >= 0.3 is 0 Å². The lowest BCUT2D eigenvalue weighted by atomic mass is 9.97. The number of rotatable bonds is 4. The van der Waals surface area contributed by atoms with Gasteiger partial charge in [0.2, 0.25) is 5.13 Å². The number of aromatic nitrogens is 4. The van der Waals surface area contributed by atoms with Crippen molar-refractivity contribution in [1.82, 2.24) is 20.4 Å². The van der Waals surface area contributed by atoms with Crippen molar-refractivity contribution in [1.29, 1.82) is 0 Å². The number of benzene rings is 2. The first-order chi connectivity index (χ1) is 13.1. The Balaban J connectivity index is 1.32. The fraction of sp³-hybridized carbons (Fsp3) is 0.250. The minimum Gasteiger partial charge on any atom is -0.358 e. The van der Waals surface area contributed by atoms with Crippen molar-refractivity contribution < 1.29 is 0 Å². The van der Waals surface area contributed by atoms with Crippen molar-refractivity contribution in [2.45, 2.75) is 25.3 Å². The minimum atomic E-state index is -0.275. The third-order valence-electron chi connectivity index (χ3n) is 5.21. The number of aromatic amines is 1. The molecule has 0 spiro atoms. The molecule has 0 aliphatic heterocycles. The fourth-order valence-electron chi connectivity index (χ4n) is 3.78. The Morgan fingerprint density at radius 3 is 2.70 bits per heavy atom. The molecule has 0 bridgehead atoms. The van der Waals surface area contributed by atoms with Crippen molar-refractivity contribution in [2.24, 2.45) is 5.73 Å². The van der Waals surface area contributed by atoms with Crippen LogP contribution in [0.2, 0.25) is 0 Å². The Kier molecular flexibility index (Phi) is 3.73. The Labute approximate surface area is 160 Å². The molecule has 27 heavy (non-hydrogen) atoms. The molecule has 0 saturated carbocycles. The summed E-state index contributed by atoms with van der Waals surface area (Å²) in [4.78, 5) is 0. The maximum atomic E-state index is 6.63. The second-order valence-electron chi connectivity index (χ2n) is 7.33. The first kappa shape index (κ1) is 16.4. The van der Waals surface area contributed by atoms with Crippen LogP contribution in [0.3, 0.4) is 0 Å². The maximum absolute atomic E-state index is 6.63. The summed E-state index contributed by atoms with van der Waals surface area (Å²) in [6.45, 7) is 2.70. The van der Waals surface area contributed by atoms with Gasteiger partial charge in [-0.25, -0.2) is 0 Å². The number of nitrogens with zero attached hydrogens (tertiary/aromatic N) is 3. The number of nitrogens with two attached hydrogens (primary N) is 1. The van der Waals surface area contributed by atoms with E-state index in [4.69, 9.17) is 5.73 Å². The molecule has 4 aromatic rings. The van der Waals surface area contributed by atoms with E-state index in [1.807, 2.05) is 19.1 Å². The maximum Gasteiger partial charge on any atom is 0.206 e. The zero-order valence-electron chi connectivity index (χ0n) is 15.0. The van der Waals surface area contributed by atoms with Gasteiger partial charge in [0.05, 0.1) is 5.52 Å². The molecule has 1 aliphatic carbocycles. The average molecular weight is 376 g/mol. The third kappa shape index (κ3) is 2.98. The number of hydrogen-bond donors (Lipinski definition) is 3. The van der Waals surface area contributed by atoms with Gasteiger partial charge in [-0.1, -0.05) is 35.6 Å². The molecule has 0 unspecified atom stereocenters. The standard InChI is InChI=1S/C20H20N6S/c1-12-16-8-13(6-7-17(16)24-23-12)18-25-26-19(27-18)22-11-20(21)9-14-4-2-3-5-15(14)10-20/h2-8H,9-11,21H2,1H3,(H,22,26)(H,23,24). The van der Waals surface area contributed by atoms with Gasteiger partial charge < -0.3 is 11.1 Å². The van der Waals surface area contributed by atoms with Crippen molar-refractivity contribution in [3.05, 3.63) is 59.3 Å². The molecule has 5 rings (SSSR count). The molecule has 136 valence electrons. The van der Waals surface area contributed by atoms with Gasteiger partial charge in [0.1, 0.15) is 5.01 Å². The van der Waals surface area contributed by atoms with Gasteiger partial charge in [0.15, 0.2) is 0 Å². The molecule has 0 saturated heterocycles. The monoisotopic (exact) mass is 376 g/mol. The number of fused-ring (bicyclic) bond motifs is 2. The zero-order chi connectivity index (χ0) is 18.4. The highest BCUT2D eigenvalue weighted by Crippen LogP contribution is 2.31. The van der Waals surface area contributed by atoms with Gasteiger partial charge in [-0.2, -0.15) is 5.10 Å². The van der Waals surface area contributed by atoms with Gasteiger partial charge in [-0.3, -0.25) is 5.10 Å². The second kappa shape index (κ2) is 6.14. The van der Waals surface area contributed by atoms with Gasteiger partial charge in [-0.15, -0.1) is 10.2 Å². The highest BCUT2D eigenvalue weighted by atomic mass is 32.1. The van der Waals surface area contributed by atoms with Crippen LogP contribution < -0.4 is 11.1 Å². The number of aryl methyl sites for hydroxylation is 1. The Morgan fingerprint density at radius 2 is 1.93 bits per heavy atom. The van der Waals surface area contributed by atoms with Crippen LogP contribution in [0.5, 0.6) is 0 Å². The smallest absolute Gasteiger partial charge is 0.206 e. The van der Waals surface area contributed by atoms with Crippen LogP contribution in [0.4, 0.5) is 5.13 Å². The predicted octanol–water partition coefficient (Wildman–Crippen LogP) is 3.30. The molecular formula is C20H20N6S. The predicted molar refractivity (Wildman–Crippen MR) is 109 cm³/mol. The first-order valence-corrected chi connectivity index (χ1v) is 9.79. The second-order valence-corrected chi connectivity index (χ2v) is 8.31. The number of anilines is 1. The SMILES string of the molecule is Cc1[nH]nc2ccc(-c3nnc(NCC4(N)Cc5ccccc5C4)s3)cc12. The molecule has 0 amide bonds. The molecule has 0 fully saturated rings. The van der Waals surface area contributed by atoms with E-state index in [1.54, 1.807) is 11.3 Å². The Morgan fingerprint density at radius 1 is 1.15 bits per heavy atom. The summed E-state index contributed by atoms with van der Waals surface area (Å²) in [6, 6.07) is 14.6. The first-order valence-electron chi connectivity index (χ1n) is 8.98. The molecule has 4 N–H and O–H groups in total. The van der Waals surface area contributed by atoms with E-state index in [2.05, 4.69) is 56.0 Å². The molecule has 7 heteroatoms. The third-order valence-corrected chi connectivity index (χ3v) is 6.14. The Bertz CT molecular complexity index is 1100. The van der Waals surface area contributed by atoms with Crippen LogP contribution in [0.15, 0.2) is 42.5 Å². The van der Waals surface area contributed by atoms with E-state index in [0.29, 0.717) is 6.54 Å². The normalized spacial score (nSPS) is 15.2. The van der Waals surface area contributed by atoms with E-state index in [-0.39, 0.29) is 5.54 Å². The summed E-state index contributed by atoms with van der Waals surface area (Å²) < 4.78 is 0. The van der Waals surface area contributed by atoms with Crippen molar-refractivity contribution >= 4 is 27.4 Å². The molecule has 2 aromatic carbocycles. The quantitative estimate of drug-likeness (QED) is 0.508. The minimum absolute atomic E-state index is 0.275. The van der Waals surface area contributed by atoms with Crippen molar-refractivity contribution in [3.8, 4) is 10.6 Å². The van der Waals surface area contributed by atoms with E-state index in [9.17, 15) is 0 Å². The summed E-state index contributed by atoms with van der Waals surface area (Å²) in [5, 5.41) is 22.1. The highest BCUT2D eigenvalue weighted by Gasteiger charge is 2.33. The molecule has 1 aliphatic rings. The fourth-order valence-corrected chi connectivity index (χ4v) is 4.52. The topological polar surface area (TPSA) is 92.5 Å². The lowest BCUT2D eigenvalue weighted by Gasteiger charge is -2.23. The number of H-pyrrole nitrogens is 1. The average Bonchev–Trinajstić information content (AvgIpc) is 3.37. The summed E-state index contributed by atoms with van der Waals surface area (Å²) >= 11 is 1.55. The van der Waals surface area contributed by atoms with Gasteiger partial charge in [0.25, 0.3) is 0 Å². The summed E-state index contributed by atoms with van der Waals surface area (Å²) in [5.41, 5.74) is 12.1. The molecule has 6 nitrogen and oxygen atoms in total. The van der Waals surface area contributed by atoms with E-state index < -0.39 is 0 Å². The van der Waals surface area contributed by atoms with E-state index >= 15 is 0 Å². The van der Waals surface area contributed by atoms with Crippen LogP contribution in [0.25, 0.3) is 21.5 Å². The lowest BCUT2D eigenvalue weighted by molar-refractivity contribution is 0.474. The molecule has 0 atom stereocenters. The Hall–Kier alpha value is -2.77. The largest absolute Gasteiger partial charge is 0.358 e. The lowest BCUT2D eigenvalue weighted by Crippen LogP contribution is -2.47. The molecule has 0 radical (unpaired) electrons. The summed E-state index contributed by atoms with van der Waals surface area (Å²) in [5.74, 6) is 0. The van der Waals surface area contributed by atoms with Crippen LogP contribution >= 0.6 is 11.3 Å². The van der Waals surface area contributed by atoms with Crippen molar-refractivity contribution in [2.75, 3.05) is 11.9 Å². The van der Waals surface area contributed by atoms with Crippen LogP contribution in [-0.4, -0.2) is 32.5 Å². The van der Waals surface area contributed by atoms with Crippen LogP contribution in [0, 0.1) is 6.92 Å². The molecule has 2 heterocycles. The number of nitrogens with one attached hydrogen (secondary N) is 2. The molecular weight excluding hydrogens is 356 g/mol. The summed E-state index contributed by atoms with van der Waals surface area (Å²) in [6.07, 6.45) is 1.77. The highest BCUT2D eigenvalue weighted by molar-refractivity contribution is 7.18. The molecule has 2 aromatic heterocycles. The number of hydrogen-bond acceptors (Lipinski definition) is 6. The zero-order valence-corrected chi connectivity index (χ0v) is 15.8. The van der Waals surface area contributed by atoms with Gasteiger partial charge in [-0.05, 0) is 49.1 Å². The van der Waals surface area contributed by atoms with Crippen LogP contribution in [0.1, 0.15) is 16.8 Å². The van der Waals surface area contributed by atoms with Crippen LogP contribution in [-0.2, 0) is 12.8 Å². The van der Waals surface area contributed by atoms with Crippen molar-refractivity contribution in [3.63, 3.8) is 0 Å². The van der Waals surface area contributed by atoms with E-state index in [1.165, 1.54) is 11.1 Å². The van der Waals surface area contributed by atoms with Gasteiger partial charge in [0, 0.05) is 28.7 Å². The van der Waals surface area contributed by atoms with E-state index in [0.717, 1.165) is 45.1 Å². The summed E-state index contributed by atoms with van der Waals surface area (Å²) in [7, 11) is 0.